The molecule has 0 aliphatic carbocycles. The molecular weight excluding hydrogens is 200 g/mol. The average molecular weight is 214 g/mol. The molecule has 1 aliphatic rings. The van der Waals surface area contributed by atoms with Gasteiger partial charge in [0, 0.05) is 23.4 Å². The first kappa shape index (κ1) is 9.46. The molecule has 2 aromatic rings. The van der Waals surface area contributed by atoms with Gasteiger partial charge in [-0.2, -0.15) is 0 Å². The van der Waals surface area contributed by atoms with E-state index in [0.29, 0.717) is 5.92 Å². The summed E-state index contributed by atoms with van der Waals surface area (Å²) in [5, 5.41) is 0. The van der Waals surface area contributed by atoms with Gasteiger partial charge in [-0.1, -0.05) is 12.1 Å². The maximum Gasteiger partial charge on any atom is 0.123 e. The average Bonchev–Trinajstić information content (AvgIpc) is 2.81. The van der Waals surface area contributed by atoms with Crippen LogP contribution >= 0.6 is 0 Å². The number of rotatable bonds is 1. The molecule has 1 aromatic heterocycles. The molecular formula is C13H14N2O. The van der Waals surface area contributed by atoms with Crippen LogP contribution in [0.2, 0.25) is 0 Å². The molecule has 0 unspecified atom stereocenters. The van der Waals surface area contributed by atoms with Gasteiger partial charge in [-0.15, -0.1) is 0 Å². The SMILES string of the molecule is Cc1ccc2c(c1)OCC[C@@H]2c1cnc[nH]1. The second-order valence-corrected chi connectivity index (χ2v) is 4.24. The van der Waals surface area contributed by atoms with Gasteiger partial charge >= 0.3 is 0 Å². The maximum absolute atomic E-state index is 5.70. The zero-order valence-corrected chi connectivity index (χ0v) is 9.23. The molecule has 0 fully saturated rings. The Hall–Kier alpha value is -1.77. The topological polar surface area (TPSA) is 37.9 Å². The molecule has 0 saturated carbocycles. The van der Waals surface area contributed by atoms with E-state index in [1.54, 1.807) is 6.33 Å². The lowest BCUT2D eigenvalue weighted by atomic mass is 9.90. The van der Waals surface area contributed by atoms with E-state index in [-0.39, 0.29) is 0 Å². The summed E-state index contributed by atoms with van der Waals surface area (Å²) in [5.74, 6) is 1.41. The van der Waals surface area contributed by atoms with Crippen molar-refractivity contribution in [2.45, 2.75) is 19.3 Å². The monoisotopic (exact) mass is 214 g/mol. The van der Waals surface area contributed by atoms with Crippen molar-refractivity contribution in [3.63, 3.8) is 0 Å². The first-order valence-corrected chi connectivity index (χ1v) is 5.56. The number of aryl methyl sites for hydroxylation is 1. The number of hydrogen-bond acceptors (Lipinski definition) is 2. The van der Waals surface area contributed by atoms with Crippen LogP contribution < -0.4 is 4.74 Å². The van der Waals surface area contributed by atoms with Crippen molar-refractivity contribution in [3.8, 4) is 5.75 Å². The molecule has 0 saturated heterocycles. The highest BCUT2D eigenvalue weighted by molar-refractivity contribution is 5.43. The maximum atomic E-state index is 5.70. The van der Waals surface area contributed by atoms with Gasteiger partial charge in [0.2, 0.25) is 0 Å². The number of aromatic amines is 1. The quantitative estimate of drug-likeness (QED) is 0.792. The molecule has 1 atom stereocenters. The predicted molar refractivity (Wildman–Crippen MR) is 61.7 cm³/mol. The van der Waals surface area contributed by atoms with E-state index in [9.17, 15) is 0 Å². The molecule has 0 amide bonds. The summed E-state index contributed by atoms with van der Waals surface area (Å²) < 4.78 is 5.70. The Morgan fingerprint density at radius 3 is 3.19 bits per heavy atom. The van der Waals surface area contributed by atoms with E-state index >= 15 is 0 Å². The van der Waals surface area contributed by atoms with Crippen LogP contribution in [0.3, 0.4) is 0 Å². The minimum Gasteiger partial charge on any atom is -0.493 e. The molecule has 3 heteroatoms. The number of imidazole rings is 1. The van der Waals surface area contributed by atoms with E-state index in [1.807, 2.05) is 6.20 Å². The lowest BCUT2D eigenvalue weighted by Gasteiger charge is -2.25. The number of H-pyrrole nitrogens is 1. The molecule has 82 valence electrons. The number of nitrogens with zero attached hydrogens (tertiary/aromatic N) is 1. The fourth-order valence-corrected chi connectivity index (χ4v) is 2.28. The number of hydrogen-bond donors (Lipinski definition) is 1. The van der Waals surface area contributed by atoms with E-state index in [2.05, 4.69) is 35.1 Å². The van der Waals surface area contributed by atoms with Gasteiger partial charge in [0.05, 0.1) is 12.9 Å². The lowest BCUT2D eigenvalue weighted by Crippen LogP contribution is -2.15. The minimum absolute atomic E-state index is 0.395. The Morgan fingerprint density at radius 1 is 1.44 bits per heavy atom. The molecule has 0 bridgehead atoms. The highest BCUT2D eigenvalue weighted by atomic mass is 16.5. The smallest absolute Gasteiger partial charge is 0.123 e. The number of aromatic nitrogens is 2. The summed E-state index contributed by atoms with van der Waals surface area (Å²) in [5.41, 5.74) is 3.68. The Kier molecular flexibility index (Phi) is 2.17. The molecule has 0 spiro atoms. The Balaban J connectivity index is 2.06. The summed E-state index contributed by atoms with van der Waals surface area (Å²) in [6.45, 7) is 2.86. The van der Waals surface area contributed by atoms with Crippen LogP contribution in [0, 0.1) is 6.92 Å². The van der Waals surface area contributed by atoms with Crippen LogP contribution in [0.15, 0.2) is 30.7 Å². The fraction of sp³-hybridized carbons (Fsp3) is 0.308. The van der Waals surface area contributed by atoms with E-state index in [0.717, 1.165) is 18.8 Å². The first-order chi connectivity index (χ1) is 7.84. The normalized spacial score (nSPS) is 18.9. The van der Waals surface area contributed by atoms with Crippen LogP contribution in [0.5, 0.6) is 5.75 Å². The number of benzene rings is 1. The molecule has 1 aromatic carbocycles. The van der Waals surface area contributed by atoms with Crippen LogP contribution in [0.4, 0.5) is 0 Å². The van der Waals surface area contributed by atoms with Crippen LogP contribution in [0.25, 0.3) is 0 Å². The van der Waals surface area contributed by atoms with Gasteiger partial charge in [-0.05, 0) is 25.0 Å². The molecule has 3 nitrogen and oxygen atoms in total. The Morgan fingerprint density at radius 2 is 2.38 bits per heavy atom. The minimum atomic E-state index is 0.395. The molecule has 16 heavy (non-hydrogen) atoms. The molecule has 0 radical (unpaired) electrons. The Labute approximate surface area is 94.5 Å². The van der Waals surface area contributed by atoms with Gasteiger partial charge in [-0.25, -0.2) is 4.98 Å². The van der Waals surface area contributed by atoms with Crippen LogP contribution in [-0.2, 0) is 0 Å². The zero-order chi connectivity index (χ0) is 11.0. The number of ether oxygens (including phenoxy) is 1. The van der Waals surface area contributed by atoms with E-state index < -0.39 is 0 Å². The van der Waals surface area contributed by atoms with Crippen molar-refractivity contribution < 1.29 is 4.74 Å². The highest BCUT2D eigenvalue weighted by Gasteiger charge is 2.23. The van der Waals surface area contributed by atoms with Crippen molar-refractivity contribution >= 4 is 0 Å². The third-order valence-electron chi connectivity index (χ3n) is 3.10. The van der Waals surface area contributed by atoms with Crippen molar-refractivity contribution in [3.05, 3.63) is 47.5 Å². The molecule has 1 aliphatic heterocycles. The van der Waals surface area contributed by atoms with Crippen molar-refractivity contribution in [2.75, 3.05) is 6.61 Å². The summed E-state index contributed by atoms with van der Waals surface area (Å²) >= 11 is 0. The number of nitrogens with one attached hydrogen (secondary N) is 1. The van der Waals surface area contributed by atoms with Crippen LogP contribution in [0.1, 0.15) is 29.2 Å². The summed E-state index contributed by atoms with van der Waals surface area (Å²) in [6.07, 6.45) is 4.65. The summed E-state index contributed by atoms with van der Waals surface area (Å²) in [7, 11) is 0. The van der Waals surface area contributed by atoms with Crippen molar-refractivity contribution in [1.29, 1.82) is 0 Å². The molecule has 1 N–H and O–H groups in total. The first-order valence-electron chi connectivity index (χ1n) is 5.56. The van der Waals surface area contributed by atoms with Crippen LogP contribution in [-0.4, -0.2) is 16.6 Å². The summed E-state index contributed by atoms with van der Waals surface area (Å²) in [6, 6.07) is 6.41. The van der Waals surface area contributed by atoms with Gasteiger partial charge in [-0.3, -0.25) is 0 Å². The molecule has 3 rings (SSSR count). The largest absolute Gasteiger partial charge is 0.493 e. The highest BCUT2D eigenvalue weighted by Crippen LogP contribution is 2.37. The third-order valence-corrected chi connectivity index (χ3v) is 3.10. The van der Waals surface area contributed by atoms with Gasteiger partial charge in [0.15, 0.2) is 0 Å². The van der Waals surface area contributed by atoms with Gasteiger partial charge in [0.25, 0.3) is 0 Å². The van der Waals surface area contributed by atoms with E-state index in [1.165, 1.54) is 16.8 Å². The number of fused-ring (bicyclic) bond motifs is 1. The fourth-order valence-electron chi connectivity index (χ4n) is 2.28. The second-order valence-electron chi connectivity index (χ2n) is 4.24. The Bertz CT molecular complexity index is 491. The predicted octanol–water partition coefficient (Wildman–Crippen LogP) is 2.63. The third kappa shape index (κ3) is 1.48. The standard InChI is InChI=1S/C13H14N2O/c1-9-2-3-11-10(12-7-14-8-15-12)4-5-16-13(11)6-9/h2-3,6-8,10H,4-5H2,1H3,(H,14,15)/t10-/m0/s1. The molecule has 2 heterocycles. The second kappa shape index (κ2) is 3.67. The van der Waals surface area contributed by atoms with Crippen molar-refractivity contribution in [1.82, 2.24) is 9.97 Å². The van der Waals surface area contributed by atoms with Gasteiger partial charge < -0.3 is 9.72 Å². The lowest BCUT2D eigenvalue weighted by molar-refractivity contribution is 0.275. The van der Waals surface area contributed by atoms with E-state index in [4.69, 9.17) is 4.74 Å². The zero-order valence-electron chi connectivity index (χ0n) is 9.23. The van der Waals surface area contributed by atoms with Crippen molar-refractivity contribution in [2.24, 2.45) is 0 Å². The summed E-state index contributed by atoms with van der Waals surface area (Å²) in [4.78, 5) is 7.29. The van der Waals surface area contributed by atoms with Gasteiger partial charge in [0.1, 0.15) is 5.75 Å².